The smallest absolute Gasteiger partial charge is 0.151 e. The molecule has 0 atom stereocenters. The Kier molecular flexibility index (Phi) is 3.02. The molecule has 0 fully saturated rings. The minimum Gasteiger partial charge on any atom is -0.496 e. The second-order valence-electron chi connectivity index (χ2n) is 3.90. The largest absolute Gasteiger partial charge is 0.496 e. The number of hydrogen-bond acceptors (Lipinski definition) is 4. The summed E-state index contributed by atoms with van der Waals surface area (Å²) < 4.78 is 27.9. The van der Waals surface area contributed by atoms with Gasteiger partial charge in [0.15, 0.2) is 9.84 Å². The van der Waals surface area contributed by atoms with E-state index in [9.17, 15) is 8.42 Å². The van der Waals surface area contributed by atoms with Crippen LogP contribution >= 0.6 is 0 Å². The van der Waals surface area contributed by atoms with Crippen molar-refractivity contribution in [3.8, 4) is 5.75 Å². The number of pyridine rings is 1. The Morgan fingerprint density at radius 3 is 2.65 bits per heavy atom. The molecule has 0 spiro atoms. The molecule has 0 amide bonds. The Hall–Kier alpha value is -1.62. The first-order chi connectivity index (χ1) is 8.01. The molecule has 4 nitrogen and oxygen atoms in total. The SMILES string of the molecule is COc1c(CS(C)(=O)=O)cnc2ccccc12. The zero-order chi connectivity index (χ0) is 12.5. The molecule has 5 heteroatoms. The van der Waals surface area contributed by atoms with Gasteiger partial charge in [0.05, 0.1) is 18.4 Å². The first-order valence-electron chi connectivity index (χ1n) is 5.09. The van der Waals surface area contributed by atoms with Crippen LogP contribution in [0, 0.1) is 0 Å². The number of para-hydroxylation sites is 1. The maximum absolute atomic E-state index is 11.3. The van der Waals surface area contributed by atoms with Crippen LogP contribution < -0.4 is 4.74 Å². The van der Waals surface area contributed by atoms with Gasteiger partial charge in [-0.2, -0.15) is 0 Å². The summed E-state index contributed by atoms with van der Waals surface area (Å²) in [4.78, 5) is 4.23. The number of benzene rings is 1. The predicted octanol–water partition coefficient (Wildman–Crippen LogP) is 1.79. The van der Waals surface area contributed by atoms with Crippen molar-refractivity contribution in [2.75, 3.05) is 13.4 Å². The third kappa shape index (κ3) is 2.55. The van der Waals surface area contributed by atoms with Gasteiger partial charge >= 0.3 is 0 Å². The summed E-state index contributed by atoms with van der Waals surface area (Å²) in [6.07, 6.45) is 2.75. The molecular formula is C12H13NO3S. The van der Waals surface area contributed by atoms with Crippen molar-refractivity contribution >= 4 is 20.7 Å². The van der Waals surface area contributed by atoms with Crippen LogP contribution in [0.4, 0.5) is 0 Å². The maximum Gasteiger partial charge on any atom is 0.151 e. The second kappa shape index (κ2) is 4.33. The van der Waals surface area contributed by atoms with Gasteiger partial charge in [0.1, 0.15) is 5.75 Å². The highest BCUT2D eigenvalue weighted by molar-refractivity contribution is 7.89. The topological polar surface area (TPSA) is 56.3 Å². The van der Waals surface area contributed by atoms with Crippen molar-refractivity contribution in [3.63, 3.8) is 0 Å². The minimum atomic E-state index is -3.10. The monoisotopic (exact) mass is 251 g/mol. The lowest BCUT2D eigenvalue weighted by molar-refractivity contribution is 0.415. The lowest BCUT2D eigenvalue weighted by atomic mass is 10.1. The Morgan fingerprint density at radius 2 is 2.00 bits per heavy atom. The minimum absolute atomic E-state index is 0.0615. The third-order valence-corrected chi connectivity index (χ3v) is 3.26. The fourth-order valence-corrected chi connectivity index (χ4v) is 2.55. The van der Waals surface area contributed by atoms with Crippen molar-refractivity contribution in [2.24, 2.45) is 0 Å². The summed E-state index contributed by atoms with van der Waals surface area (Å²) in [7, 11) is -1.56. The van der Waals surface area contributed by atoms with Crippen LogP contribution in [0.2, 0.25) is 0 Å². The Labute approximate surface area is 100 Å². The van der Waals surface area contributed by atoms with Crippen LogP contribution in [-0.4, -0.2) is 26.8 Å². The van der Waals surface area contributed by atoms with Gasteiger partial charge in [-0.1, -0.05) is 12.1 Å². The van der Waals surface area contributed by atoms with Crippen LogP contribution in [0.15, 0.2) is 30.5 Å². The quantitative estimate of drug-likeness (QED) is 0.834. The molecule has 2 rings (SSSR count). The van der Waals surface area contributed by atoms with Crippen molar-refractivity contribution in [1.82, 2.24) is 4.98 Å². The summed E-state index contributed by atoms with van der Waals surface area (Å²) in [5, 5.41) is 0.830. The van der Waals surface area contributed by atoms with Crippen LogP contribution in [0.3, 0.4) is 0 Å². The van der Waals surface area contributed by atoms with E-state index in [2.05, 4.69) is 4.98 Å². The van der Waals surface area contributed by atoms with Gasteiger partial charge in [-0.05, 0) is 12.1 Å². The van der Waals surface area contributed by atoms with Gasteiger partial charge in [0.25, 0.3) is 0 Å². The van der Waals surface area contributed by atoms with E-state index in [0.29, 0.717) is 11.3 Å². The van der Waals surface area contributed by atoms with E-state index >= 15 is 0 Å². The zero-order valence-electron chi connectivity index (χ0n) is 9.67. The summed E-state index contributed by atoms with van der Waals surface area (Å²) in [5.41, 5.74) is 1.38. The number of aromatic nitrogens is 1. The van der Waals surface area contributed by atoms with Gasteiger partial charge in [-0.25, -0.2) is 8.42 Å². The van der Waals surface area contributed by atoms with Crippen molar-refractivity contribution in [2.45, 2.75) is 5.75 Å². The van der Waals surface area contributed by atoms with E-state index < -0.39 is 9.84 Å². The van der Waals surface area contributed by atoms with Crippen LogP contribution in [0.25, 0.3) is 10.9 Å². The Morgan fingerprint density at radius 1 is 1.29 bits per heavy atom. The summed E-state index contributed by atoms with van der Waals surface area (Å²) in [5.74, 6) is 0.523. The van der Waals surface area contributed by atoms with Crippen molar-refractivity contribution in [3.05, 3.63) is 36.0 Å². The molecule has 0 aliphatic rings. The average molecular weight is 251 g/mol. The molecule has 0 aliphatic heterocycles. The first-order valence-corrected chi connectivity index (χ1v) is 7.15. The normalized spacial score (nSPS) is 11.6. The fraction of sp³-hybridized carbons (Fsp3) is 0.250. The van der Waals surface area contributed by atoms with E-state index in [0.717, 1.165) is 10.9 Å². The third-order valence-electron chi connectivity index (χ3n) is 2.42. The molecule has 0 unspecified atom stereocenters. The molecule has 17 heavy (non-hydrogen) atoms. The summed E-state index contributed by atoms with van der Waals surface area (Å²) in [6.45, 7) is 0. The van der Waals surface area contributed by atoms with Crippen molar-refractivity contribution < 1.29 is 13.2 Å². The van der Waals surface area contributed by atoms with Gasteiger partial charge in [-0.15, -0.1) is 0 Å². The standard InChI is InChI=1S/C12H13NO3S/c1-16-12-9(8-17(2,14)15)7-13-11-6-4-3-5-10(11)12/h3-7H,8H2,1-2H3. The molecule has 0 radical (unpaired) electrons. The predicted molar refractivity (Wildman–Crippen MR) is 66.8 cm³/mol. The van der Waals surface area contributed by atoms with Gasteiger partial charge in [0, 0.05) is 23.4 Å². The molecule has 1 aromatic carbocycles. The number of ether oxygens (including phenoxy) is 1. The first kappa shape index (κ1) is 11.9. The fourth-order valence-electron chi connectivity index (χ4n) is 1.78. The molecule has 0 saturated carbocycles. The highest BCUT2D eigenvalue weighted by Crippen LogP contribution is 2.28. The number of hydrogen-bond donors (Lipinski definition) is 0. The Bertz CT molecular complexity index is 650. The molecule has 1 aromatic heterocycles. The second-order valence-corrected chi connectivity index (χ2v) is 6.04. The zero-order valence-corrected chi connectivity index (χ0v) is 10.5. The highest BCUT2D eigenvalue weighted by Gasteiger charge is 2.13. The van der Waals surface area contributed by atoms with Crippen LogP contribution in [-0.2, 0) is 15.6 Å². The van der Waals surface area contributed by atoms with Crippen molar-refractivity contribution in [1.29, 1.82) is 0 Å². The molecule has 0 N–H and O–H groups in total. The summed E-state index contributed by atoms with van der Waals surface area (Å²) >= 11 is 0. The molecule has 0 saturated heterocycles. The van der Waals surface area contributed by atoms with E-state index in [1.54, 1.807) is 6.20 Å². The molecule has 90 valence electrons. The number of rotatable bonds is 3. The van der Waals surface area contributed by atoms with E-state index in [1.807, 2.05) is 24.3 Å². The van der Waals surface area contributed by atoms with Gasteiger partial charge in [0.2, 0.25) is 0 Å². The maximum atomic E-state index is 11.3. The van der Waals surface area contributed by atoms with E-state index in [-0.39, 0.29) is 5.75 Å². The number of methoxy groups -OCH3 is 1. The number of fused-ring (bicyclic) bond motifs is 1. The number of nitrogens with zero attached hydrogens (tertiary/aromatic N) is 1. The van der Waals surface area contributed by atoms with Crippen LogP contribution in [0.1, 0.15) is 5.56 Å². The average Bonchev–Trinajstić information content (AvgIpc) is 2.27. The molecule has 1 heterocycles. The lowest BCUT2D eigenvalue weighted by Gasteiger charge is -2.10. The van der Waals surface area contributed by atoms with Crippen LogP contribution in [0.5, 0.6) is 5.75 Å². The molecule has 2 aromatic rings. The molecule has 0 aliphatic carbocycles. The van der Waals surface area contributed by atoms with E-state index in [1.165, 1.54) is 13.4 Å². The van der Waals surface area contributed by atoms with Gasteiger partial charge in [-0.3, -0.25) is 4.98 Å². The van der Waals surface area contributed by atoms with Gasteiger partial charge < -0.3 is 4.74 Å². The lowest BCUT2D eigenvalue weighted by Crippen LogP contribution is -2.03. The molecular weight excluding hydrogens is 238 g/mol. The highest BCUT2D eigenvalue weighted by atomic mass is 32.2. The summed E-state index contributed by atoms with van der Waals surface area (Å²) in [6, 6.07) is 7.48. The van der Waals surface area contributed by atoms with E-state index in [4.69, 9.17) is 4.74 Å². The molecule has 0 bridgehead atoms. The number of sulfone groups is 1. The Balaban J connectivity index is 2.65.